The van der Waals surface area contributed by atoms with Gasteiger partial charge in [-0.05, 0) is 37.6 Å². The lowest BCUT2D eigenvalue weighted by molar-refractivity contribution is 0.0695. The Morgan fingerprint density at radius 2 is 1.83 bits per heavy atom. The Hall–Kier alpha value is -1.68. The fourth-order valence-corrected chi connectivity index (χ4v) is 2.09. The fraction of sp³-hybridized carbons (Fsp3) is 0.143. The van der Waals surface area contributed by atoms with Crippen molar-refractivity contribution in [2.24, 2.45) is 0 Å². The molecule has 0 unspecified atom stereocenters. The first-order chi connectivity index (χ1) is 8.49. The van der Waals surface area contributed by atoms with Crippen molar-refractivity contribution in [2.45, 2.75) is 13.8 Å². The van der Waals surface area contributed by atoms with Crippen molar-refractivity contribution >= 4 is 21.9 Å². The third-order valence-electron chi connectivity index (χ3n) is 2.75. The van der Waals surface area contributed by atoms with E-state index in [4.69, 9.17) is 5.11 Å². The van der Waals surface area contributed by atoms with Gasteiger partial charge in [0.15, 0.2) is 0 Å². The lowest BCUT2D eigenvalue weighted by atomic mass is 10.0. The minimum absolute atomic E-state index is 0.258. The topological polar surface area (TPSA) is 50.2 Å². The molecule has 2 aromatic rings. The molecule has 1 heterocycles. The van der Waals surface area contributed by atoms with Gasteiger partial charge in [-0.25, -0.2) is 4.79 Å². The number of benzene rings is 1. The van der Waals surface area contributed by atoms with E-state index in [0.29, 0.717) is 5.69 Å². The second kappa shape index (κ2) is 4.90. The van der Waals surface area contributed by atoms with Gasteiger partial charge in [-0.1, -0.05) is 28.1 Å². The van der Waals surface area contributed by atoms with Crippen molar-refractivity contribution in [2.75, 3.05) is 0 Å². The maximum Gasteiger partial charge on any atom is 0.337 e. The summed E-state index contributed by atoms with van der Waals surface area (Å²) in [7, 11) is 0. The molecule has 0 saturated heterocycles. The van der Waals surface area contributed by atoms with Gasteiger partial charge in [0.1, 0.15) is 0 Å². The first-order valence-corrected chi connectivity index (χ1v) is 6.26. The Balaban J connectivity index is 2.56. The molecular formula is C14H12BrNO2. The maximum absolute atomic E-state index is 11.0. The van der Waals surface area contributed by atoms with Crippen LogP contribution in [0, 0.1) is 13.8 Å². The SMILES string of the molecule is Cc1cc(C(=O)O)c(C)nc1-c1ccc(Br)cc1. The summed E-state index contributed by atoms with van der Waals surface area (Å²) in [6.07, 6.45) is 0. The average molecular weight is 306 g/mol. The van der Waals surface area contributed by atoms with Crippen LogP contribution in [0.5, 0.6) is 0 Å². The first kappa shape index (κ1) is 12.8. The molecule has 92 valence electrons. The fourth-order valence-electron chi connectivity index (χ4n) is 1.82. The number of rotatable bonds is 2. The molecule has 0 fully saturated rings. The lowest BCUT2D eigenvalue weighted by Gasteiger charge is -2.09. The number of halogens is 1. The highest BCUT2D eigenvalue weighted by Gasteiger charge is 2.12. The van der Waals surface area contributed by atoms with E-state index in [1.807, 2.05) is 31.2 Å². The number of carbonyl (C=O) groups is 1. The van der Waals surface area contributed by atoms with E-state index in [-0.39, 0.29) is 5.56 Å². The number of aryl methyl sites for hydroxylation is 2. The molecule has 0 spiro atoms. The number of aromatic carboxylic acids is 1. The molecule has 0 atom stereocenters. The van der Waals surface area contributed by atoms with Gasteiger partial charge >= 0.3 is 5.97 Å². The van der Waals surface area contributed by atoms with Crippen LogP contribution in [0.1, 0.15) is 21.6 Å². The van der Waals surface area contributed by atoms with E-state index in [2.05, 4.69) is 20.9 Å². The zero-order valence-corrected chi connectivity index (χ0v) is 11.7. The number of pyridine rings is 1. The van der Waals surface area contributed by atoms with Crippen LogP contribution in [0.3, 0.4) is 0 Å². The molecule has 1 N–H and O–H groups in total. The Morgan fingerprint density at radius 3 is 2.39 bits per heavy atom. The van der Waals surface area contributed by atoms with E-state index >= 15 is 0 Å². The van der Waals surface area contributed by atoms with Gasteiger partial charge in [0.05, 0.1) is 17.0 Å². The van der Waals surface area contributed by atoms with Crippen molar-refractivity contribution in [3.05, 3.63) is 51.6 Å². The molecular weight excluding hydrogens is 294 g/mol. The summed E-state index contributed by atoms with van der Waals surface area (Å²) in [6, 6.07) is 9.47. The predicted molar refractivity (Wildman–Crippen MR) is 73.8 cm³/mol. The molecule has 0 radical (unpaired) electrons. The molecule has 3 nitrogen and oxygen atoms in total. The predicted octanol–water partition coefficient (Wildman–Crippen LogP) is 3.83. The zero-order chi connectivity index (χ0) is 13.3. The van der Waals surface area contributed by atoms with Gasteiger partial charge < -0.3 is 5.11 Å². The van der Waals surface area contributed by atoms with Crippen LogP contribution >= 0.6 is 15.9 Å². The van der Waals surface area contributed by atoms with Gasteiger partial charge in [-0.2, -0.15) is 0 Å². The van der Waals surface area contributed by atoms with Crippen LogP contribution in [-0.2, 0) is 0 Å². The van der Waals surface area contributed by atoms with Crippen LogP contribution in [0.25, 0.3) is 11.3 Å². The number of aromatic nitrogens is 1. The number of carboxylic acid groups (broad SMARTS) is 1. The van der Waals surface area contributed by atoms with Crippen molar-refractivity contribution < 1.29 is 9.90 Å². The molecule has 0 saturated carbocycles. The first-order valence-electron chi connectivity index (χ1n) is 5.46. The summed E-state index contributed by atoms with van der Waals surface area (Å²) in [5.74, 6) is -0.939. The molecule has 0 aliphatic rings. The standard InChI is InChI=1S/C14H12BrNO2/c1-8-7-12(14(17)18)9(2)16-13(8)10-3-5-11(15)6-4-10/h3-7H,1-2H3,(H,17,18). The summed E-state index contributed by atoms with van der Waals surface area (Å²) in [4.78, 5) is 15.4. The minimum atomic E-state index is -0.939. The third-order valence-corrected chi connectivity index (χ3v) is 3.28. The summed E-state index contributed by atoms with van der Waals surface area (Å²) in [5, 5.41) is 9.04. The van der Waals surface area contributed by atoms with Crippen molar-refractivity contribution in [3.63, 3.8) is 0 Å². The van der Waals surface area contributed by atoms with E-state index < -0.39 is 5.97 Å². The van der Waals surface area contributed by atoms with E-state index in [1.54, 1.807) is 13.0 Å². The molecule has 1 aromatic heterocycles. The summed E-state index contributed by atoms with van der Waals surface area (Å²) >= 11 is 3.38. The monoisotopic (exact) mass is 305 g/mol. The smallest absolute Gasteiger partial charge is 0.337 e. The van der Waals surface area contributed by atoms with Gasteiger partial charge in [0.25, 0.3) is 0 Å². The molecule has 4 heteroatoms. The third kappa shape index (κ3) is 2.43. The maximum atomic E-state index is 11.0. The van der Waals surface area contributed by atoms with Gasteiger partial charge in [0.2, 0.25) is 0 Å². The second-order valence-electron chi connectivity index (χ2n) is 4.10. The van der Waals surface area contributed by atoms with Gasteiger partial charge in [0, 0.05) is 10.0 Å². The Labute approximate surface area is 114 Å². The van der Waals surface area contributed by atoms with Crippen LogP contribution in [0.15, 0.2) is 34.8 Å². The molecule has 2 rings (SSSR count). The lowest BCUT2D eigenvalue weighted by Crippen LogP contribution is -2.04. The van der Waals surface area contributed by atoms with E-state index in [1.165, 1.54) is 0 Å². The zero-order valence-electron chi connectivity index (χ0n) is 10.1. The minimum Gasteiger partial charge on any atom is -0.478 e. The van der Waals surface area contributed by atoms with Crippen LogP contribution in [0.2, 0.25) is 0 Å². The van der Waals surface area contributed by atoms with Crippen LogP contribution < -0.4 is 0 Å². The van der Waals surface area contributed by atoms with Crippen molar-refractivity contribution in [1.82, 2.24) is 4.98 Å². The summed E-state index contributed by atoms with van der Waals surface area (Å²) < 4.78 is 1.00. The average Bonchev–Trinajstić information content (AvgIpc) is 2.32. The van der Waals surface area contributed by atoms with E-state index in [9.17, 15) is 4.79 Å². The number of carboxylic acids is 1. The van der Waals surface area contributed by atoms with Crippen molar-refractivity contribution in [3.8, 4) is 11.3 Å². The van der Waals surface area contributed by atoms with Gasteiger partial charge in [-0.15, -0.1) is 0 Å². The molecule has 1 aromatic carbocycles. The Bertz CT molecular complexity index is 606. The van der Waals surface area contributed by atoms with E-state index in [0.717, 1.165) is 21.3 Å². The Morgan fingerprint density at radius 1 is 1.22 bits per heavy atom. The van der Waals surface area contributed by atoms with Crippen LogP contribution in [0.4, 0.5) is 0 Å². The molecule has 0 amide bonds. The Kier molecular flexibility index (Phi) is 3.48. The highest BCUT2D eigenvalue weighted by atomic mass is 79.9. The summed E-state index contributed by atoms with van der Waals surface area (Å²) in [5.41, 5.74) is 3.46. The molecule has 0 aliphatic carbocycles. The van der Waals surface area contributed by atoms with Gasteiger partial charge in [-0.3, -0.25) is 4.98 Å². The molecule has 0 bridgehead atoms. The second-order valence-corrected chi connectivity index (χ2v) is 5.01. The number of hydrogen-bond acceptors (Lipinski definition) is 2. The molecule has 18 heavy (non-hydrogen) atoms. The molecule has 0 aliphatic heterocycles. The largest absolute Gasteiger partial charge is 0.478 e. The highest BCUT2D eigenvalue weighted by Crippen LogP contribution is 2.25. The van der Waals surface area contributed by atoms with Crippen molar-refractivity contribution in [1.29, 1.82) is 0 Å². The number of nitrogens with zero attached hydrogens (tertiary/aromatic N) is 1. The van der Waals surface area contributed by atoms with Crippen LogP contribution in [-0.4, -0.2) is 16.1 Å². The highest BCUT2D eigenvalue weighted by molar-refractivity contribution is 9.10. The summed E-state index contributed by atoms with van der Waals surface area (Å²) in [6.45, 7) is 3.58. The number of hydrogen-bond donors (Lipinski definition) is 1. The normalized spacial score (nSPS) is 10.4. The quantitative estimate of drug-likeness (QED) is 0.917.